The molecule has 0 N–H and O–H groups in total. The van der Waals surface area contributed by atoms with Gasteiger partial charge in [0.1, 0.15) is 0 Å². The number of halogens is 1. The molecule has 0 spiro atoms. The molecule has 0 heterocycles. The molecule has 0 aromatic heterocycles. The average Bonchev–Trinajstić information content (AvgIpc) is 1.37. The monoisotopic (exact) mass is 186 g/mol. The summed E-state index contributed by atoms with van der Waals surface area (Å²) < 4.78 is 1.90. The van der Waals surface area contributed by atoms with E-state index < -0.39 is 0 Å². The Balaban J connectivity index is 2.43. The van der Waals surface area contributed by atoms with E-state index in [-0.39, 0.29) is 19.8 Å². The molecule has 3 heteroatoms. The van der Waals surface area contributed by atoms with Gasteiger partial charge in [-0.15, -0.1) is 0 Å². The Kier molecular flexibility index (Phi) is 4.08. The molecule has 0 saturated carbocycles. The van der Waals surface area contributed by atoms with Gasteiger partial charge in [-0.2, -0.15) is 0 Å². The first kappa shape index (κ1) is 4.57. The van der Waals surface area contributed by atoms with E-state index in [9.17, 15) is 0 Å². The third kappa shape index (κ3) is 2.57. The van der Waals surface area contributed by atoms with Crippen molar-refractivity contribution < 1.29 is 19.8 Å². The van der Waals surface area contributed by atoms with Crippen LogP contribution in [0.3, 0.4) is 0 Å². The van der Waals surface area contributed by atoms with E-state index in [1.165, 1.54) is 0 Å². The molecule has 0 amide bonds. The molecule has 0 aromatic rings. The molecule has 0 aliphatic rings. The quantitative estimate of drug-likeness (QED) is 0.325. The normalized spacial score (nSPS) is 6.00. The number of thiol groups is 1. The molecule has 24 valence electrons. The zero-order valence-electron chi connectivity index (χ0n) is 1.77. The molecular weight excluding hydrogens is 185 g/mol. The first-order chi connectivity index (χ1) is 1.91. The molecule has 0 bridgehead atoms. The number of hydrogen-bond donors (Lipinski definition) is 1. The van der Waals surface area contributed by atoms with Crippen LogP contribution in [0.15, 0.2) is 0 Å². The van der Waals surface area contributed by atoms with Gasteiger partial charge in [0, 0.05) is 0 Å². The van der Waals surface area contributed by atoms with Gasteiger partial charge >= 0.3 is 39.0 Å². The van der Waals surface area contributed by atoms with E-state index in [0.717, 1.165) is 0 Å². The summed E-state index contributed by atoms with van der Waals surface area (Å²) in [5.41, 5.74) is 0. The molecule has 0 saturated heterocycles. The minimum atomic E-state index is -0.389. The van der Waals surface area contributed by atoms with Crippen molar-refractivity contribution in [1.29, 1.82) is 5.26 Å². The van der Waals surface area contributed by atoms with Crippen molar-refractivity contribution in [1.82, 2.24) is 0 Å². The summed E-state index contributed by atoms with van der Waals surface area (Å²) in [6, 6.07) is 0. The summed E-state index contributed by atoms with van der Waals surface area (Å²) in [6.45, 7) is 0. The Bertz CT molecular complexity index is 37.8. The van der Waals surface area contributed by atoms with E-state index in [0.29, 0.717) is 0 Å². The van der Waals surface area contributed by atoms with Gasteiger partial charge in [0.2, 0.25) is 0 Å². The van der Waals surface area contributed by atoms with Gasteiger partial charge in [-0.05, 0) is 0 Å². The fraction of sp³-hybridized carbons (Fsp3) is 0. The fourth-order valence-corrected chi connectivity index (χ4v) is 0. The van der Waals surface area contributed by atoms with Gasteiger partial charge in [-0.3, -0.25) is 0 Å². The Morgan fingerprint density at radius 3 is 2.25 bits per heavy atom. The molecule has 0 aliphatic heterocycles. The van der Waals surface area contributed by atoms with Crippen molar-refractivity contribution >= 4 is 9.80 Å². The van der Waals surface area contributed by atoms with Crippen LogP contribution in [-0.2, 0) is 0 Å². The van der Waals surface area contributed by atoms with Crippen LogP contribution in [0.25, 0.3) is 0 Å². The van der Waals surface area contributed by atoms with Crippen LogP contribution in [0.2, 0.25) is 0 Å². The maximum absolute atomic E-state index is 7.60. The second-order valence-corrected chi connectivity index (χ2v) is 2.27. The van der Waals surface area contributed by atoms with Crippen LogP contribution in [0.5, 0.6) is 0 Å². The van der Waals surface area contributed by atoms with Crippen LogP contribution in [0, 0.1) is 9.34 Å². The molecule has 0 aromatic carbocycles. The van der Waals surface area contributed by atoms with Crippen LogP contribution >= 0.6 is 9.80 Å². The molecular formula is CHINS-. The Hall–Kier alpha value is 0.570. The number of rotatable bonds is 0. The third-order valence-electron chi connectivity index (χ3n) is 0.0378. The maximum atomic E-state index is 7.60. The van der Waals surface area contributed by atoms with Gasteiger partial charge in [0.05, 0.1) is 0 Å². The number of hydrogen-bond acceptors (Lipinski definition) is 2. The second kappa shape index (κ2) is 3.57. The molecule has 0 aliphatic carbocycles. The van der Waals surface area contributed by atoms with Crippen molar-refractivity contribution in [3.8, 4) is 4.08 Å². The Morgan fingerprint density at radius 2 is 2.25 bits per heavy atom. The van der Waals surface area contributed by atoms with Gasteiger partial charge in [0.15, 0.2) is 0 Å². The zero-order valence-corrected chi connectivity index (χ0v) is 4.82. The molecule has 0 rings (SSSR count). The van der Waals surface area contributed by atoms with E-state index in [2.05, 4.69) is 9.80 Å². The molecule has 0 unspecified atom stereocenters. The van der Waals surface area contributed by atoms with E-state index in [1.807, 2.05) is 4.08 Å². The van der Waals surface area contributed by atoms with Gasteiger partial charge < -0.3 is 0 Å². The first-order valence-corrected chi connectivity index (χ1v) is 4.89. The predicted molar refractivity (Wildman–Crippen MR) is 14.6 cm³/mol. The summed E-state index contributed by atoms with van der Waals surface area (Å²) in [5, 5.41) is 7.60. The first-order valence-electron chi connectivity index (χ1n) is 0.582. The summed E-state index contributed by atoms with van der Waals surface area (Å²) >= 11 is -0.389. The van der Waals surface area contributed by atoms with Crippen LogP contribution in [0.4, 0.5) is 0 Å². The van der Waals surface area contributed by atoms with E-state index in [1.54, 1.807) is 0 Å². The van der Waals surface area contributed by atoms with Crippen LogP contribution in [0.1, 0.15) is 0 Å². The molecule has 4 heavy (non-hydrogen) atoms. The topological polar surface area (TPSA) is 23.8 Å². The van der Waals surface area contributed by atoms with Crippen molar-refractivity contribution in [3.05, 3.63) is 0 Å². The minimum absolute atomic E-state index is 0.389. The average molecular weight is 186 g/mol. The summed E-state index contributed by atoms with van der Waals surface area (Å²) in [4.78, 5) is 0. The van der Waals surface area contributed by atoms with E-state index >= 15 is 0 Å². The predicted octanol–water partition coefficient (Wildman–Crippen LogP) is -2.60. The fourth-order valence-electron chi connectivity index (χ4n) is 0. The van der Waals surface area contributed by atoms with E-state index in [4.69, 9.17) is 5.26 Å². The SMILES string of the molecule is N#C[I-]S. The van der Waals surface area contributed by atoms with Gasteiger partial charge in [-0.25, -0.2) is 0 Å². The Morgan fingerprint density at radius 1 is 2.00 bits per heavy atom. The third-order valence-corrected chi connectivity index (χ3v) is 0.761. The molecule has 0 fully saturated rings. The molecule has 0 atom stereocenters. The molecule has 0 radical (unpaired) electrons. The summed E-state index contributed by atoms with van der Waals surface area (Å²) in [7, 11) is 3.67. The van der Waals surface area contributed by atoms with Crippen molar-refractivity contribution in [2.75, 3.05) is 0 Å². The van der Waals surface area contributed by atoms with Crippen LogP contribution in [-0.4, -0.2) is 0 Å². The Labute approximate surface area is 39.1 Å². The van der Waals surface area contributed by atoms with Crippen molar-refractivity contribution in [2.24, 2.45) is 0 Å². The van der Waals surface area contributed by atoms with Gasteiger partial charge in [-0.1, -0.05) is 0 Å². The second-order valence-electron chi connectivity index (χ2n) is 0.169. The summed E-state index contributed by atoms with van der Waals surface area (Å²) in [6.07, 6.45) is 0. The van der Waals surface area contributed by atoms with Crippen molar-refractivity contribution in [2.45, 2.75) is 0 Å². The summed E-state index contributed by atoms with van der Waals surface area (Å²) in [5.74, 6) is 0. The standard InChI is InChI=1S/CHINS/c3-1-2-4/h4H/q-1. The number of nitrogens with zero attached hydrogens (tertiary/aromatic N) is 1. The van der Waals surface area contributed by atoms with Crippen LogP contribution < -0.4 is 19.8 Å². The van der Waals surface area contributed by atoms with Crippen molar-refractivity contribution in [3.63, 3.8) is 0 Å². The molecule has 1 nitrogen and oxygen atoms in total. The number of nitriles is 1. The van der Waals surface area contributed by atoms with Gasteiger partial charge in [0.25, 0.3) is 0 Å². The zero-order chi connectivity index (χ0) is 3.41.